The Morgan fingerprint density at radius 1 is 1.18 bits per heavy atom. The van der Waals surface area contributed by atoms with Crippen molar-refractivity contribution in [3.8, 4) is 0 Å². The molecular weight excluding hydrogens is 314 g/mol. The first-order chi connectivity index (χ1) is 10.2. The van der Waals surface area contributed by atoms with Gasteiger partial charge in [-0.3, -0.25) is 0 Å². The Kier molecular flexibility index (Phi) is 5.10. The van der Waals surface area contributed by atoms with Crippen molar-refractivity contribution >= 4 is 21.4 Å². The molecule has 0 aliphatic heterocycles. The quantitative estimate of drug-likeness (QED) is 0.900. The fraction of sp³-hybridized carbons (Fsp3) is 0.412. The molecule has 0 saturated carbocycles. The van der Waals surface area contributed by atoms with Crippen molar-refractivity contribution in [2.75, 3.05) is 6.54 Å². The Hall–Kier alpha value is -1.17. The average Bonchev–Trinajstić information content (AvgIpc) is 2.90. The topological polar surface area (TPSA) is 46.2 Å². The molecule has 0 bridgehead atoms. The summed E-state index contributed by atoms with van der Waals surface area (Å²) in [5.41, 5.74) is 1.72. The van der Waals surface area contributed by atoms with Gasteiger partial charge < -0.3 is 0 Å². The highest BCUT2D eigenvalue weighted by Gasteiger charge is 2.21. The van der Waals surface area contributed by atoms with Crippen LogP contribution in [0.2, 0.25) is 0 Å². The number of aryl methyl sites for hydroxylation is 1. The normalized spacial score (nSPS) is 12.5. The van der Waals surface area contributed by atoms with Gasteiger partial charge in [0.2, 0.25) is 10.0 Å². The lowest BCUT2D eigenvalue weighted by molar-refractivity contribution is 0.575. The van der Waals surface area contributed by atoms with Crippen LogP contribution in [-0.4, -0.2) is 15.0 Å². The van der Waals surface area contributed by atoms with Gasteiger partial charge in [-0.25, -0.2) is 13.1 Å². The third-order valence-corrected chi connectivity index (χ3v) is 6.13. The minimum absolute atomic E-state index is 0.0745. The van der Waals surface area contributed by atoms with Crippen molar-refractivity contribution in [1.29, 1.82) is 0 Å². The Morgan fingerprint density at radius 2 is 1.91 bits per heavy atom. The van der Waals surface area contributed by atoms with E-state index in [1.807, 2.05) is 36.6 Å². The number of benzene rings is 1. The molecule has 120 valence electrons. The van der Waals surface area contributed by atoms with Gasteiger partial charge in [-0.05, 0) is 47.4 Å². The molecule has 0 atom stereocenters. The van der Waals surface area contributed by atoms with Crippen LogP contribution in [0, 0.1) is 6.92 Å². The van der Waals surface area contributed by atoms with Crippen LogP contribution in [0.15, 0.2) is 40.6 Å². The van der Waals surface area contributed by atoms with Gasteiger partial charge in [0, 0.05) is 11.4 Å². The van der Waals surface area contributed by atoms with Crippen molar-refractivity contribution < 1.29 is 8.42 Å². The smallest absolute Gasteiger partial charge is 0.211 e. The van der Waals surface area contributed by atoms with E-state index in [9.17, 15) is 8.42 Å². The summed E-state index contributed by atoms with van der Waals surface area (Å²) in [6.45, 7) is 8.50. The molecule has 0 saturated heterocycles. The van der Waals surface area contributed by atoms with E-state index < -0.39 is 10.0 Å². The molecule has 0 amide bonds. The summed E-state index contributed by atoms with van der Waals surface area (Å²) >= 11 is 1.64. The van der Waals surface area contributed by atoms with Gasteiger partial charge in [0.05, 0.1) is 4.90 Å². The zero-order chi connectivity index (χ0) is 16.4. The Balaban J connectivity index is 2.18. The predicted octanol–water partition coefficient (Wildman–Crippen LogP) is 3.88. The number of rotatable bonds is 5. The molecule has 3 nitrogen and oxygen atoms in total. The molecule has 22 heavy (non-hydrogen) atoms. The summed E-state index contributed by atoms with van der Waals surface area (Å²) in [6, 6.07) is 9.67. The second-order valence-corrected chi connectivity index (χ2v) is 9.23. The van der Waals surface area contributed by atoms with Crippen LogP contribution in [0.3, 0.4) is 0 Å². The summed E-state index contributed by atoms with van der Waals surface area (Å²) in [6.07, 6.45) is 0.717. The zero-order valence-corrected chi connectivity index (χ0v) is 15.1. The third kappa shape index (κ3) is 4.18. The monoisotopic (exact) mass is 337 g/mol. The maximum atomic E-state index is 12.6. The van der Waals surface area contributed by atoms with Crippen LogP contribution >= 0.6 is 11.3 Å². The van der Waals surface area contributed by atoms with E-state index >= 15 is 0 Å². The average molecular weight is 338 g/mol. The minimum atomic E-state index is -3.47. The highest BCUT2D eigenvalue weighted by molar-refractivity contribution is 7.89. The van der Waals surface area contributed by atoms with Crippen molar-refractivity contribution in [2.24, 2.45) is 0 Å². The highest BCUT2D eigenvalue weighted by Crippen LogP contribution is 2.26. The molecule has 1 aromatic heterocycles. The minimum Gasteiger partial charge on any atom is -0.211 e. The Labute approximate surface area is 137 Å². The second-order valence-electron chi connectivity index (χ2n) is 6.46. The van der Waals surface area contributed by atoms with Gasteiger partial charge in [-0.2, -0.15) is 0 Å². The molecule has 1 N–H and O–H groups in total. The lowest BCUT2D eigenvalue weighted by Gasteiger charge is -2.21. The molecule has 2 aromatic rings. The molecule has 2 rings (SSSR count). The molecule has 0 fully saturated rings. The van der Waals surface area contributed by atoms with Gasteiger partial charge in [-0.1, -0.05) is 39.0 Å². The highest BCUT2D eigenvalue weighted by atomic mass is 32.2. The lowest BCUT2D eigenvalue weighted by Crippen LogP contribution is -2.27. The van der Waals surface area contributed by atoms with E-state index in [1.165, 1.54) is 4.88 Å². The molecule has 0 aliphatic rings. The summed E-state index contributed by atoms with van der Waals surface area (Å²) in [4.78, 5) is 1.56. The molecule has 0 unspecified atom stereocenters. The van der Waals surface area contributed by atoms with Gasteiger partial charge in [0.1, 0.15) is 0 Å². The van der Waals surface area contributed by atoms with Crippen LogP contribution in [-0.2, 0) is 21.9 Å². The van der Waals surface area contributed by atoms with Gasteiger partial charge in [0.25, 0.3) is 0 Å². The van der Waals surface area contributed by atoms with Crippen molar-refractivity contribution in [3.63, 3.8) is 0 Å². The molecule has 0 spiro atoms. The van der Waals surface area contributed by atoms with Gasteiger partial charge in [0.15, 0.2) is 0 Å². The summed E-state index contributed by atoms with van der Waals surface area (Å²) in [5.74, 6) is 0. The molecule has 1 aromatic carbocycles. The van der Waals surface area contributed by atoms with Crippen LogP contribution in [0.1, 0.15) is 36.8 Å². The third-order valence-electron chi connectivity index (χ3n) is 3.59. The molecule has 5 heteroatoms. The maximum absolute atomic E-state index is 12.6. The van der Waals surface area contributed by atoms with Crippen LogP contribution < -0.4 is 4.72 Å². The maximum Gasteiger partial charge on any atom is 0.240 e. The van der Waals surface area contributed by atoms with Crippen molar-refractivity contribution in [2.45, 2.75) is 44.4 Å². The van der Waals surface area contributed by atoms with E-state index in [-0.39, 0.29) is 5.41 Å². The van der Waals surface area contributed by atoms with Gasteiger partial charge in [-0.15, -0.1) is 11.3 Å². The summed E-state index contributed by atoms with van der Waals surface area (Å²) < 4.78 is 27.8. The number of sulfonamides is 1. The molecule has 0 aliphatic carbocycles. The lowest BCUT2D eigenvalue weighted by atomic mass is 9.87. The summed E-state index contributed by atoms with van der Waals surface area (Å²) in [5, 5.41) is 2.00. The van der Waals surface area contributed by atoms with Crippen LogP contribution in [0.25, 0.3) is 0 Å². The molecule has 0 radical (unpaired) electrons. The number of nitrogens with one attached hydrogen (secondary N) is 1. The van der Waals surface area contributed by atoms with Crippen molar-refractivity contribution in [1.82, 2.24) is 4.72 Å². The largest absolute Gasteiger partial charge is 0.240 e. The van der Waals surface area contributed by atoms with E-state index in [0.717, 1.165) is 17.5 Å². The number of hydrogen-bond donors (Lipinski definition) is 1. The first kappa shape index (κ1) is 17.2. The summed E-state index contributed by atoms with van der Waals surface area (Å²) in [7, 11) is -3.47. The van der Waals surface area contributed by atoms with E-state index in [1.54, 1.807) is 17.4 Å². The first-order valence-electron chi connectivity index (χ1n) is 7.33. The zero-order valence-electron chi connectivity index (χ0n) is 13.5. The van der Waals surface area contributed by atoms with E-state index in [4.69, 9.17) is 0 Å². The first-order valence-corrected chi connectivity index (χ1v) is 9.69. The van der Waals surface area contributed by atoms with E-state index in [0.29, 0.717) is 11.4 Å². The fourth-order valence-electron chi connectivity index (χ4n) is 2.20. The standard InChI is InChI=1S/C17H23NO2S2/c1-13-7-8-14(17(2,3)4)12-16(13)22(19,20)18-10-9-15-6-5-11-21-15/h5-8,11-12,18H,9-10H2,1-4H3. The van der Waals surface area contributed by atoms with Crippen LogP contribution in [0.4, 0.5) is 0 Å². The fourth-order valence-corrected chi connectivity index (χ4v) is 4.21. The number of thiophene rings is 1. The molecule has 1 heterocycles. The number of hydrogen-bond acceptors (Lipinski definition) is 3. The molecular formula is C17H23NO2S2. The Bertz CT molecular complexity index is 727. The Morgan fingerprint density at radius 3 is 2.50 bits per heavy atom. The van der Waals surface area contributed by atoms with Gasteiger partial charge >= 0.3 is 0 Å². The van der Waals surface area contributed by atoms with Crippen molar-refractivity contribution in [3.05, 3.63) is 51.7 Å². The SMILES string of the molecule is Cc1ccc(C(C)(C)C)cc1S(=O)(=O)NCCc1cccs1. The van der Waals surface area contributed by atoms with Crippen LogP contribution in [0.5, 0.6) is 0 Å². The predicted molar refractivity (Wildman–Crippen MR) is 93.1 cm³/mol. The van der Waals surface area contributed by atoms with E-state index in [2.05, 4.69) is 25.5 Å². The second kappa shape index (κ2) is 6.52.